The van der Waals surface area contributed by atoms with Gasteiger partial charge in [0.25, 0.3) is 11.8 Å². The zero-order valence-corrected chi connectivity index (χ0v) is 22.9. The molecule has 0 aliphatic rings. The second kappa shape index (κ2) is 12.9. The number of hydrogen-bond acceptors (Lipinski definition) is 5. The number of aryl methyl sites for hydroxylation is 1. The van der Waals surface area contributed by atoms with Gasteiger partial charge in [-0.2, -0.15) is 5.26 Å². The average molecular weight is 583 g/mol. The molecule has 0 atom stereocenters. The molecule has 9 heteroatoms. The van der Waals surface area contributed by atoms with Gasteiger partial charge in [-0.15, -0.1) is 0 Å². The van der Waals surface area contributed by atoms with E-state index in [4.69, 9.17) is 21.1 Å². The second-order valence-electron chi connectivity index (χ2n) is 7.98. The molecule has 0 aliphatic heterocycles. The van der Waals surface area contributed by atoms with E-state index in [9.17, 15) is 14.9 Å². The van der Waals surface area contributed by atoms with Gasteiger partial charge in [0, 0.05) is 16.4 Å². The third-order valence-corrected chi connectivity index (χ3v) is 6.14. The van der Waals surface area contributed by atoms with Crippen LogP contribution in [-0.2, 0) is 9.59 Å². The van der Waals surface area contributed by atoms with Gasteiger partial charge < -0.3 is 20.1 Å². The molecule has 0 aromatic heterocycles. The van der Waals surface area contributed by atoms with E-state index >= 15 is 0 Å². The highest BCUT2D eigenvalue weighted by atomic mass is 79.9. The zero-order valence-electron chi connectivity index (χ0n) is 20.5. The molecule has 7 nitrogen and oxygen atoms in total. The second-order valence-corrected chi connectivity index (χ2v) is 9.27. The molecule has 0 heterocycles. The SMILES string of the molecule is CCOc1cc(/C=C(/C#N)C(=O)Nc2cccc(Cl)c2)cc(Br)c1OCC(=O)Nc1cccc(C)c1C. The summed E-state index contributed by atoms with van der Waals surface area (Å²) in [5.74, 6) is -0.217. The van der Waals surface area contributed by atoms with Crippen molar-refractivity contribution in [1.82, 2.24) is 0 Å². The minimum Gasteiger partial charge on any atom is -0.490 e. The van der Waals surface area contributed by atoms with Crippen LogP contribution >= 0.6 is 27.5 Å². The maximum Gasteiger partial charge on any atom is 0.266 e. The first kappa shape index (κ1) is 27.8. The normalized spacial score (nSPS) is 10.9. The van der Waals surface area contributed by atoms with Crippen LogP contribution < -0.4 is 20.1 Å². The average Bonchev–Trinajstić information content (AvgIpc) is 2.85. The number of benzene rings is 3. The maximum atomic E-state index is 12.6. The largest absolute Gasteiger partial charge is 0.490 e. The van der Waals surface area contributed by atoms with Crippen LogP contribution in [0.25, 0.3) is 6.08 Å². The summed E-state index contributed by atoms with van der Waals surface area (Å²) in [7, 11) is 0. The van der Waals surface area contributed by atoms with Crippen LogP contribution in [0.15, 0.2) is 64.6 Å². The van der Waals surface area contributed by atoms with Crippen molar-refractivity contribution in [1.29, 1.82) is 5.26 Å². The molecule has 37 heavy (non-hydrogen) atoms. The van der Waals surface area contributed by atoms with E-state index in [-0.39, 0.29) is 18.1 Å². The van der Waals surface area contributed by atoms with Crippen LogP contribution in [0.3, 0.4) is 0 Å². The smallest absolute Gasteiger partial charge is 0.266 e. The highest BCUT2D eigenvalue weighted by Gasteiger charge is 2.16. The Kier molecular flexibility index (Phi) is 9.72. The van der Waals surface area contributed by atoms with E-state index in [1.165, 1.54) is 6.08 Å². The number of nitrogens with one attached hydrogen (secondary N) is 2. The van der Waals surface area contributed by atoms with E-state index < -0.39 is 5.91 Å². The molecule has 3 aromatic carbocycles. The van der Waals surface area contributed by atoms with Gasteiger partial charge >= 0.3 is 0 Å². The first-order valence-corrected chi connectivity index (χ1v) is 12.5. The maximum absolute atomic E-state index is 12.6. The Hall–Kier alpha value is -3.80. The number of anilines is 2. The van der Waals surface area contributed by atoms with Crippen molar-refractivity contribution < 1.29 is 19.1 Å². The number of amides is 2. The fourth-order valence-corrected chi connectivity index (χ4v) is 4.13. The molecule has 0 saturated heterocycles. The van der Waals surface area contributed by atoms with Gasteiger partial charge in [0.2, 0.25) is 0 Å². The molecule has 0 aliphatic carbocycles. The minimum atomic E-state index is -0.581. The van der Waals surface area contributed by atoms with Crippen molar-refractivity contribution in [2.45, 2.75) is 20.8 Å². The first-order chi connectivity index (χ1) is 17.7. The summed E-state index contributed by atoms with van der Waals surface area (Å²) in [6.07, 6.45) is 1.43. The van der Waals surface area contributed by atoms with Crippen molar-refractivity contribution in [3.05, 3.63) is 86.4 Å². The van der Waals surface area contributed by atoms with E-state index in [1.807, 2.05) is 45.0 Å². The Bertz CT molecular complexity index is 1400. The fourth-order valence-electron chi connectivity index (χ4n) is 3.36. The van der Waals surface area contributed by atoms with Crippen molar-refractivity contribution in [2.75, 3.05) is 23.8 Å². The lowest BCUT2D eigenvalue weighted by molar-refractivity contribution is -0.118. The van der Waals surface area contributed by atoms with Gasteiger partial charge in [0.15, 0.2) is 18.1 Å². The molecule has 0 fully saturated rings. The lowest BCUT2D eigenvalue weighted by Gasteiger charge is -2.15. The molecule has 2 N–H and O–H groups in total. The summed E-state index contributed by atoms with van der Waals surface area (Å²) in [6.45, 7) is 5.82. The summed E-state index contributed by atoms with van der Waals surface area (Å²) < 4.78 is 12.0. The van der Waals surface area contributed by atoms with Gasteiger partial charge in [-0.25, -0.2) is 0 Å². The predicted octanol–water partition coefficient (Wildman–Crippen LogP) is 6.68. The van der Waals surface area contributed by atoms with E-state index in [0.717, 1.165) is 16.8 Å². The number of hydrogen-bond donors (Lipinski definition) is 2. The summed E-state index contributed by atoms with van der Waals surface area (Å²) in [5.41, 5.74) is 3.66. The molecule has 190 valence electrons. The van der Waals surface area contributed by atoms with Crippen LogP contribution in [0.5, 0.6) is 11.5 Å². The first-order valence-electron chi connectivity index (χ1n) is 11.4. The quantitative estimate of drug-likeness (QED) is 0.216. The molecule has 0 saturated carbocycles. The van der Waals surface area contributed by atoms with Crippen LogP contribution in [0.2, 0.25) is 5.02 Å². The third kappa shape index (κ3) is 7.59. The molecule has 0 bridgehead atoms. The molecule has 0 spiro atoms. The molecular weight excluding hydrogens is 558 g/mol. The molecular formula is C28H25BrClN3O4. The summed E-state index contributed by atoms with van der Waals surface area (Å²) >= 11 is 9.42. The Labute approximate surface area is 229 Å². The third-order valence-electron chi connectivity index (χ3n) is 5.32. The summed E-state index contributed by atoms with van der Waals surface area (Å²) in [6, 6.07) is 17.5. The van der Waals surface area contributed by atoms with Crippen LogP contribution in [0.4, 0.5) is 11.4 Å². The predicted molar refractivity (Wildman–Crippen MR) is 149 cm³/mol. The van der Waals surface area contributed by atoms with Gasteiger partial charge in [-0.1, -0.05) is 29.8 Å². The van der Waals surface area contributed by atoms with Crippen LogP contribution in [-0.4, -0.2) is 25.0 Å². The van der Waals surface area contributed by atoms with Crippen molar-refractivity contribution >= 4 is 56.8 Å². The number of carbonyl (C=O) groups excluding carboxylic acids is 2. The van der Waals surface area contributed by atoms with Gasteiger partial charge in [-0.05, 0) is 95.9 Å². The highest BCUT2D eigenvalue weighted by molar-refractivity contribution is 9.10. The van der Waals surface area contributed by atoms with Crippen molar-refractivity contribution in [3.8, 4) is 17.6 Å². The van der Waals surface area contributed by atoms with E-state index in [0.29, 0.717) is 38.9 Å². The monoisotopic (exact) mass is 581 g/mol. The molecule has 3 aromatic rings. The molecule has 2 amide bonds. The standard InChI is InChI=1S/C28H25BrClN3O4/c1-4-36-25-13-19(11-20(15-31)28(35)32-22-9-6-8-21(30)14-22)12-23(29)27(25)37-16-26(34)33-24-10-5-7-17(2)18(24)3/h5-14H,4,16H2,1-3H3,(H,32,35)(H,33,34)/b20-11-. The summed E-state index contributed by atoms with van der Waals surface area (Å²) in [4.78, 5) is 25.2. The number of nitriles is 1. The number of carbonyl (C=O) groups is 2. The van der Waals surface area contributed by atoms with Crippen molar-refractivity contribution in [2.24, 2.45) is 0 Å². The molecule has 0 radical (unpaired) electrons. The van der Waals surface area contributed by atoms with E-state index in [2.05, 4.69) is 26.6 Å². The number of rotatable bonds is 9. The highest BCUT2D eigenvalue weighted by Crippen LogP contribution is 2.37. The number of nitrogens with zero attached hydrogens (tertiary/aromatic N) is 1. The Balaban J connectivity index is 1.78. The zero-order chi connectivity index (χ0) is 26.9. The van der Waals surface area contributed by atoms with Crippen molar-refractivity contribution in [3.63, 3.8) is 0 Å². The van der Waals surface area contributed by atoms with Crippen LogP contribution in [0.1, 0.15) is 23.6 Å². The Morgan fingerprint density at radius 2 is 1.84 bits per heavy atom. The van der Waals surface area contributed by atoms with Gasteiger partial charge in [0.1, 0.15) is 11.6 Å². The van der Waals surface area contributed by atoms with Gasteiger partial charge in [-0.3, -0.25) is 9.59 Å². The molecule has 3 rings (SSSR count). The number of halogens is 2. The molecule has 0 unspecified atom stereocenters. The summed E-state index contributed by atoms with van der Waals surface area (Å²) in [5, 5.41) is 15.5. The Morgan fingerprint density at radius 3 is 2.54 bits per heavy atom. The number of ether oxygens (including phenoxy) is 2. The van der Waals surface area contributed by atoms with Crippen LogP contribution in [0, 0.1) is 25.2 Å². The topological polar surface area (TPSA) is 100 Å². The lowest BCUT2D eigenvalue weighted by atomic mass is 10.1. The van der Waals surface area contributed by atoms with E-state index in [1.54, 1.807) is 36.4 Å². The lowest BCUT2D eigenvalue weighted by Crippen LogP contribution is -2.21. The fraction of sp³-hybridized carbons (Fsp3) is 0.179. The Morgan fingerprint density at radius 1 is 1.08 bits per heavy atom. The minimum absolute atomic E-state index is 0.115. The van der Waals surface area contributed by atoms with Gasteiger partial charge in [0.05, 0.1) is 11.1 Å².